The Morgan fingerprint density at radius 2 is 1.95 bits per heavy atom. The van der Waals surface area contributed by atoms with Crippen LogP contribution in [0.1, 0.15) is 39.0 Å². The zero-order valence-corrected chi connectivity index (χ0v) is 12.9. The highest BCUT2D eigenvalue weighted by molar-refractivity contribution is 7.84. The molecule has 0 spiro atoms. The van der Waals surface area contributed by atoms with Crippen molar-refractivity contribution in [1.82, 2.24) is 10.6 Å². The summed E-state index contributed by atoms with van der Waals surface area (Å²) >= 11 is 0. The monoisotopic (exact) mass is 304 g/mol. The Kier molecular flexibility index (Phi) is 6.98. The Bertz CT molecular complexity index is 375. The molecule has 7 heteroatoms. The molecule has 1 rings (SSSR count). The zero-order chi connectivity index (χ0) is 15.1. The summed E-state index contributed by atoms with van der Waals surface area (Å²) in [6.07, 6.45) is 5.73. The minimum Gasteiger partial charge on any atom is -0.481 e. The van der Waals surface area contributed by atoms with E-state index in [1.165, 1.54) is 0 Å². The van der Waals surface area contributed by atoms with Crippen LogP contribution in [0, 0.1) is 5.92 Å². The van der Waals surface area contributed by atoms with Gasteiger partial charge in [0.2, 0.25) is 0 Å². The van der Waals surface area contributed by atoms with Gasteiger partial charge in [0, 0.05) is 34.9 Å². The van der Waals surface area contributed by atoms with E-state index in [-0.39, 0.29) is 17.3 Å². The number of carboxylic acid groups (broad SMARTS) is 1. The maximum Gasteiger partial charge on any atom is 0.315 e. The minimum atomic E-state index is -0.987. The van der Waals surface area contributed by atoms with Gasteiger partial charge in [-0.2, -0.15) is 0 Å². The molecule has 1 aliphatic carbocycles. The first-order valence-corrected chi connectivity index (χ1v) is 8.63. The third kappa shape index (κ3) is 5.48. The second-order valence-corrected chi connectivity index (χ2v) is 7.15. The van der Waals surface area contributed by atoms with Gasteiger partial charge in [-0.25, -0.2) is 4.79 Å². The number of amides is 2. The van der Waals surface area contributed by atoms with Gasteiger partial charge in [0.05, 0.1) is 5.92 Å². The number of nitrogens with one attached hydrogen (secondary N) is 2. The van der Waals surface area contributed by atoms with E-state index in [4.69, 9.17) is 0 Å². The SMILES string of the molecule is CC(CNC(=O)NC1CCCCCC1C(=O)O)S(C)=O. The quantitative estimate of drug-likeness (QED) is 0.662. The second kappa shape index (κ2) is 8.24. The lowest BCUT2D eigenvalue weighted by Crippen LogP contribution is -2.48. The maximum absolute atomic E-state index is 11.8. The van der Waals surface area contributed by atoms with Crippen molar-refractivity contribution >= 4 is 22.8 Å². The van der Waals surface area contributed by atoms with Crippen molar-refractivity contribution in [3.8, 4) is 0 Å². The van der Waals surface area contributed by atoms with Crippen molar-refractivity contribution in [2.75, 3.05) is 12.8 Å². The first-order chi connectivity index (χ1) is 9.41. The van der Waals surface area contributed by atoms with Crippen molar-refractivity contribution in [1.29, 1.82) is 0 Å². The predicted molar refractivity (Wildman–Crippen MR) is 78.1 cm³/mol. The summed E-state index contributed by atoms with van der Waals surface area (Å²) < 4.78 is 11.2. The first-order valence-electron chi connectivity index (χ1n) is 7.01. The van der Waals surface area contributed by atoms with Gasteiger partial charge in [0.25, 0.3) is 0 Å². The van der Waals surface area contributed by atoms with Crippen LogP contribution in [-0.2, 0) is 15.6 Å². The van der Waals surface area contributed by atoms with Crippen molar-refractivity contribution in [2.24, 2.45) is 5.92 Å². The molecule has 0 heterocycles. The van der Waals surface area contributed by atoms with E-state index < -0.39 is 22.7 Å². The van der Waals surface area contributed by atoms with E-state index in [0.29, 0.717) is 19.4 Å². The van der Waals surface area contributed by atoms with E-state index in [9.17, 15) is 18.9 Å². The summed E-state index contributed by atoms with van der Waals surface area (Å²) in [4.78, 5) is 23.0. The normalized spacial score (nSPS) is 26.1. The van der Waals surface area contributed by atoms with Crippen molar-refractivity contribution in [3.05, 3.63) is 0 Å². The van der Waals surface area contributed by atoms with Crippen LogP contribution in [0.2, 0.25) is 0 Å². The van der Waals surface area contributed by atoms with E-state index in [1.807, 2.05) is 0 Å². The standard InChI is InChI=1S/C13H24N2O4S/c1-9(20(2)19)8-14-13(18)15-11-7-5-3-4-6-10(11)12(16)17/h9-11H,3-8H2,1-2H3,(H,16,17)(H2,14,15,18). The minimum absolute atomic E-state index is 0.120. The van der Waals surface area contributed by atoms with Crippen LogP contribution in [0.25, 0.3) is 0 Å². The van der Waals surface area contributed by atoms with Crippen molar-refractivity contribution < 1.29 is 18.9 Å². The Labute approximate surface area is 122 Å². The topological polar surface area (TPSA) is 95.5 Å². The second-order valence-electron chi connectivity index (χ2n) is 5.35. The molecule has 0 aromatic carbocycles. The summed E-state index contributed by atoms with van der Waals surface area (Å²) in [5, 5.41) is 14.5. The van der Waals surface area contributed by atoms with Crippen LogP contribution in [0.4, 0.5) is 4.79 Å². The highest BCUT2D eigenvalue weighted by Gasteiger charge is 2.30. The third-order valence-corrected chi connectivity index (χ3v) is 5.07. The zero-order valence-electron chi connectivity index (χ0n) is 12.1. The van der Waals surface area contributed by atoms with Crippen molar-refractivity contribution in [3.63, 3.8) is 0 Å². The van der Waals surface area contributed by atoms with Gasteiger partial charge in [0.1, 0.15) is 0 Å². The Balaban J connectivity index is 2.49. The van der Waals surface area contributed by atoms with Gasteiger partial charge in [-0.1, -0.05) is 19.3 Å². The summed E-state index contributed by atoms with van der Waals surface area (Å²) in [6.45, 7) is 2.11. The summed E-state index contributed by atoms with van der Waals surface area (Å²) in [6, 6.07) is -0.696. The molecule has 0 radical (unpaired) electrons. The van der Waals surface area contributed by atoms with Crippen LogP contribution >= 0.6 is 0 Å². The van der Waals surface area contributed by atoms with Crippen LogP contribution in [-0.4, -0.2) is 45.4 Å². The molecule has 3 N–H and O–H groups in total. The molecular weight excluding hydrogens is 280 g/mol. The number of carbonyl (C=O) groups is 2. The number of carbonyl (C=O) groups excluding carboxylic acids is 1. The molecule has 0 bridgehead atoms. The fourth-order valence-corrected chi connectivity index (χ4v) is 2.67. The first kappa shape index (κ1) is 16.9. The number of urea groups is 1. The van der Waals surface area contributed by atoms with E-state index in [2.05, 4.69) is 10.6 Å². The molecule has 6 nitrogen and oxygen atoms in total. The van der Waals surface area contributed by atoms with Crippen molar-refractivity contribution in [2.45, 2.75) is 50.3 Å². The van der Waals surface area contributed by atoms with E-state index in [1.54, 1.807) is 13.2 Å². The van der Waals surface area contributed by atoms with E-state index in [0.717, 1.165) is 19.3 Å². The fraction of sp³-hybridized carbons (Fsp3) is 0.846. The number of hydrogen-bond donors (Lipinski definition) is 3. The fourth-order valence-electron chi connectivity index (χ4n) is 2.35. The largest absolute Gasteiger partial charge is 0.481 e. The number of carboxylic acids is 1. The summed E-state index contributed by atoms with van der Waals surface area (Å²) in [5.74, 6) is -1.36. The molecule has 20 heavy (non-hydrogen) atoms. The van der Waals surface area contributed by atoms with Gasteiger partial charge in [0.15, 0.2) is 0 Å². The van der Waals surface area contributed by atoms with Gasteiger partial charge in [-0.05, 0) is 19.8 Å². The Morgan fingerprint density at radius 1 is 1.30 bits per heavy atom. The van der Waals surface area contributed by atoms with Crippen LogP contribution in [0.3, 0.4) is 0 Å². The summed E-state index contributed by atoms with van der Waals surface area (Å²) in [5.41, 5.74) is 0. The number of aliphatic carboxylic acids is 1. The molecule has 1 saturated carbocycles. The molecule has 1 aliphatic rings. The molecule has 4 atom stereocenters. The molecule has 4 unspecified atom stereocenters. The average Bonchev–Trinajstić information content (AvgIpc) is 2.61. The lowest BCUT2D eigenvalue weighted by Gasteiger charge is -2.23. The summed E-state index contributed by atoms with van der Waals surface area (Å²) in [7, 11) is -0.987. The third-order valence-electron chi connectivity index (χ3n) is 3.77. The smallest absolute Gasteiger partial charge is 0.315 e. The highest BCUT2D eigenvalue weighted by Crippen LogP contribution is 2.23. The Morgan fingerprint density at radius 3 is 2.55 bits per heavy atom. The van der Waals surface area contributed by atoms with Gasteiger partial charge < -0.3 is 15.7 Å². The molecule has 0 saturated heterocycles. The molecule has 0 aromatic rings. The van der Waals surface area contributed by atoms with Gasteiger partial charge in [-0.3, -0.25) is 9.00 Å². The van der Waals surface area contributed by atoms with Gasteiger partial charge >= 0.3 is 12.0 Å². The lowest BCUT2D eigenvalue weighted by molar-refractivity contribution is -0.142. The predicted octanol–water partition coefficient (Wildman–Crippen LogP) is 1.09. The highest BCUT2D eigenvalue weighted by atomic mass is 32.2. The van der Waals surface area contributed by atoms with Gasteiger partial charge in [-0.15, -0.1) is 0 Å². The Hall–Kier alpha value is -1.11. The average molecular weight is 304 g/mol. The number of rotatable bonds is 5. The maximum atomic E-state index is 11.8. The molecule has 1 fully saturated rings. The van der Waals surface area contributed by atoms with Crippen LogP contribution in [0.5, 0.6) is 0 Å². The van der Waals surface area contributed by atoms with Crippen LogP contribution < -0.4 is 10.6 Å². The molecule has 2 amide bonds. The molecular formula is C13H24N2O4S. The molecule has 0 aliphatic heterocycles. The van der Waals surface area contributed by atoms with E-state index >= 15 is 0 Å². The molecule has 0 aromatic heterocycles. The number of hydrogen-bond acceptors (Lipinski definition) is 3. The van der Waals surface area contributed by atoms with Crippen LogP contribution in [0.15, 0.2) is 0 Å². The lowest BCUT2D eigenvalue weighted by atomic mass is 9.95. The molecule has 116 valence electrons.